The normalized spacial score (nSPS) is 27.1. The van der Waals surface area contributed by atoms with Crippen LogP contribution in [0.25, 0.3) is 33.2 Å². The number of aromatic nitrogens is 6. The highest BCUT2D eigenvalue weighted by molar-refractivity contribution is 6.33. The number of carbonyl (C=O) groups is 1. The number of rotatable bonds is 3. The SMILES string of the molecule is C[C@@]12COCCN(C1)c1nc(OC[C@@]34CCCN3C[C@H](F)C4)nc3cc(nnc13)-c1c(c(Cl)cc3[nH]ncc13)CCCOC(=O)O2. The molecular formula is C31H34ClFN8O5. The van der Waals surface area contributed by atoms with E-state index in [-0.39, 0.29) is 37.9 Å². The van der Waals surface area contributed by atoms with E-state index in [0.717, 1.165) is 41.4 Å². The fourth-order valence-corrected chi connectivity index (χ4v) is 7.76. The third-order valence-corrected chi connectivity index (χ3v) is 9.89. The molecule has 0 saturated carbocycles. The van der Waals surface area contributed by atoms with E-state index in [2.05, 4.69) is 25.3 Å². The predicted octanol–water partition coefficient (Wildman–Crippen LogP) is 4.27. The molecule has 9 rings (SSSR count). The summed E-state index contributed by atoms with van der Waals surface area (Å²) in [7, 11) is 0. The number of ether oxygens (including phenoxy) is 4. The highest BCUT2D eigenvalue weighted by Crippen LogP contribution is 2.41. The van der Waals surface area contributed by atoms with Crippen LogP contribution in [0, 0.1) is 0 Å². The van der Waals surface area contributed by atoms with E-state index >= 15 is 0 Å². The van der Waals surface area contributed by atoms with E-state index in [1.807, 2.05) is 17.0 Å². The Bertz CT molecular complexity index is 1830. The van der Waals surface area contributed by atoms with Crippen molar-refractivity contribution in [2.24, 2.45) is 0 Å². The topological polar surface area (TPSA) is 141 Å². The Hall–Kier alpha value is -3.88. The second-order valence-electron chi connectivity index (χ2n) is 12.9. The maximum atomic E-state index is 14.5. The third kappa shape index (κ3) is 5.25. The summed E-state index contributed by atoms with van der Waals surface area (Å²) in [6.45, 7) is 4.71. The quantitative estimate of drug-likeness (QED) is 0.316. The van der Waals surface area contributed by atoms with Gasteiger partial charge in [0.05, 0.1) is 49.3 Å². The maximum Gasteiger partial charge on any atom is 0.508 e. The Morgan fingerprint density at radius 2 is 2.11 bits per heavy atom. The number of hydrogen-bond donors (Lipinski definition) is 1. The molecule has 0 amide bonds. The van der Waals surface area contributed by atoms with Crippen molar-refractivity contribution in [3.63, 3.8) is 0 Å². The van der Waals surface area contributed by atoms with Gasteiger partial charge in [-0.05, 0) is 56.8 Å². The first kappa shape index (κ1) is 29.5. The molecule has 0 unspecified atom stereocenters. The van der Waals surface area contributed by atoms with Gasteiger partial charge in [-0.2, -0.15) is 15.1 Å². The van der Waals surface area contributed by atoms with E-state index < -0.39 is 17.9 Å². The van der Waals surface area contributed by atoms with Gasteiger partial charge in [-0.25, -0.2) is 9.18 Å². The van der Waals surface area contributed by atoms with Gasteiger partial charge in [-0.15, -0.1) is 10.2 Å². The first-order chi connectivity index (χ1) is 22.3. The second kappa shape index (κ2) is 11.4. The van der Waals surface area contributed by atoms with Crippen molar-refractivity contribution < 1.29 is 28.1 Å². The van der Waals surface area contributed by atoms with Crippen LogP contribution in [-0.4, -0.2) is 111 Å². The number of alkyl halides is 1. The molecule has 0 spiro atoms. The molecule has 4 aromatic rings. The Labute approximate surface area is 268 Å². The van der Waals surface area contributed by atoms with Crippen molar-refractivity contribution in [2.45, 2.75) is 56.3 Å². The summed E-state index contributed by atoms with van der Waals surface area (Å²) in [5, 5.41) is 17.9. The average molecular weight is 653 g/mol. The predicted molar refractivity (Wildman–Crippen MR) is 166 cm³/mol. The van der Waals surface area contributed by atoms with Gasteiger partial charge >= 0.3 is 12.2 Å². The van der Waals surface area contributed by atoms with Crippen molar-refractivity contribution in [1.29, 1.82) is 0 Å². The smallest absolute Gasteiger partial charge is 0.461 e. The van der Waals surface area contributed by atoms with Crippen molar-refractivity contribution >= 4 is 45.5 Å². The van der Waals surface area contributed by atoms with E-state index in [1.165, 1.54) is 0 Å². The number of H-pyrrole nitrogens is 1. The van der Waals surface area contributed by atoms with Crippen molar-refractivity contribution in [3.8, 4) is 17.3 Å². The van der Waals surface area contributed by atoms with Crippen LogP contribution in [0.5, 0.6) is 6.01 Å². The highest BCUT2D eigenvalue weighted by Gasteiger charge is 2.49. The summed E-state index contributed by atoms with van der Waals surface area (Å²) in [5.41, 5.74) is 2.44. The molecule has 3 aromatic heterocycles. The number of halogens is 2. The number of nitrogens with one attached hydrogen (secondary N) is 1. The Morgan fingerprint density at radius 1 is 1.20 bits per heavy atom. The molecule has 0 radical (unpaired) electrons. The van der Waals surface area contributed by atoms with Crippen LogP contribution in [0.4, 0.5) is 15.0 Å². The molecule has 8 heterocycles. The van der Waals surface area contributed by atoms with E-state index in [1.54, 1.807) is 13.1 Å². The summed E-state index contributed by atoms with van der Waals surface area (Å²) in [6.07, 6.45) is 3.34. The number of aromatic amines is 1. The number of fused-ring (bicyclic) bond motifs is 8. The van der Waals surface area contributed by atoms with Gasteiger partial charge in [0, 0.05) is 35.5 Å². The highest BCUT2D eigenvalue weighted by atomic mass is 35.5. The van der Waals surface area contributed by atoms with Crippen molar-refractivity contribution in [1.82, 2.24) is 35.3 Å². The Balaban J connectivity index is 1.28. The van der Waals surface area contributed by atoms with Crippen molar-refractivity contribution in [2.75, 3.05) is 57.5 Å². The molecule has 1 N–H and O–H groups in total. The van der Waals surface area contributed by atoms with Crippen LogP contribution in [0.2, 0.25) is 5.02 Å². The molecule has 46 heavy (non-hydrogen) atoms. The first-order valence-electron chi connectivity index (χ1n) is 15.7. The maximum absolute atomic E-state index is 14.5. The minimum absolute atomic E-state index is 0.133. The van der Waals surface area contributed by atoms with Gasteiger partial charge in [-0.1, -0.05) is 11.6 Å². The number of anilines is 1. The second-order valence-corrected chi connectivity index (χ2v) is 13.3. The Kier molecular flexibility index (Phi) is 7.33. The number of carbonyl (C=O) groups excluding carboxylic acids is 1. The molecule has 5 aliphatic rings. The molecule has 15 heteroatoms. The number of nitrogens with zero attached hydrogens (tertiary/aromatic N) is 7. The molecule has 3 saturated heterocycles. The molecule has 1 aromatic carbocycles. The summed E-state index contributed by atoms with van der Waals surface area (Å²) in [4.78, 5) is 26.7. The lowest BCUT2D eigenvalue weighted by molar-refractivity contribution is -0.0575. The fraction of sp³-hybridized carbons (Fsp3) is 0.548. The zero-order chi connectivity index (χ0) is 31.5. The van der Waals surface area contributed by atoms with Gasteiger partial charge in [0.15, 0.2) is 16.9 Å². The molecule has 0 aliphatic carbocycles. The standard InChI is InChI=1S/C31H34ClFN8O5/c1-30-15-40(7-9-43-16-30)27-26-24(35-28(36-27)45-17-31-5-3-6-41(31)14-18(33)12-31)11-23(38-39-26)25-19(4-2-8-44-29(42)46-30)21(32)10-22-20(25)13-34-37-22/h10-11,13,18H,2-9,12,14-17H2,1H3,(H,34,37)/t18-,30+,31+/m1/s1. The van der Waals surface area contributed by atoms with E-state index in [4.69, 9.17) is 40.5 Å². The monoisotopic (exact) mass is 652 g/mol. The van der Waals surface area contributed by atoms with Gasteiger partial charge in [0.25, 0.3) is 0 Å². The van der Waals surface area contributed by atoms with Crippen LogP contribution in [-0.2, 0) is 20.6 Å². The molecular weight excluding hydrogens is 619 g/mol. The summed E-state index contributed by atoms with van der Waals surface area (Å²) in [5.74, 6) is 0.468. The van der Waals surface area contributed by atoms with Crippen molar-refractivity contribution in [3.05, 3.63) is 28.9 Å². The largest absolute Gasteiger partial charge is 0.508 e. The van der Waals surface area contributed by atoms with Crippen LogP contribution in [0.3, 0.4) is 0 Å². The molecule has 3 fully saturated rings. The van der Waals surface area contributed by atoms with Crippen LogP contribution in [0.15, 0.2) is 18.3 Å². The van der Waals surface area contributed by atoms with E-state index in [0.29, 0.717) is 66.5 Å². The lowest BCUT2D eigenvalue weighted by Crippen LogP contribution is -2.46. The lowest BCUT2D eigenvalue weighted by atomic mass is 9.95. The lowest BCUT2D eigenvalue weighted by Gasteiger charge is -2.32. The molecule has 242 valence electrons. The average Bonchev–Trinajstić information content (AvgIpc) is 3.68. The van der Waals surface area contributed by atoms with Crippen LogP contribution in [0.1, 0.15) is 38.2 Å². The summed E-state index contributed by atoms with van der Waals surface area (Å²) >= 11 is 6.82. The minimum atomic E-state index is -1.04. The Morgan fingerprint density at radius 3 is 3.02 bits per heavy atom. The summed E-state index contributed by atoms with van der Waals surface area (Å²) < 4.78 is 38.1. The van der Waals surface area contributed by atoms with Gasteiger partial charge in [0.2, 0.25) is 0 Å². The number of hydrogen-bond acceptors (Lipinski definition) is 12. The fourth-order valence-electron chi connectivity index (χ4n) is 7.46. The zero-order valence-corrected chi connectivity index (χ0v) is 26.2. The molecule has 3 atom stereocenters. The molecule has 5 aliphatic heterocycles. The third-order valence-electron chi connectivity index (χ3n) is 9.55. The minimum Gasteiger partial charge on any atom is -0.461 e. The summed E-state index contributed by atoms with van der Waals surface area (Å²) in [6, 6.07) is 3.84. The first-order valence-corrected chi connectivity index (χ1v) is 16.1. The van der Waals surface area contributed by atoms with Crippen LogP contribution >= 0.6 is 11.6 Å². The number of benzene rings is 1. The molecule has 13 nitrogen and oxygen atoms in total. The molecule has 6 bridgehead atoms. The zero-order valence-electron chi connectivity index (χ0n) is 25.4. The van der Waals surface area contributed by atoms with Gasteiger partial charge in [0.1, 0.15) is 18.3 Å². The van der Waals surface area contributed by atoms with Crippen LogP contribution < -0.4 is 9.64 Å². The van der Waals surface area contributed by atoms with Gasteiger partial charge < -0.3 is 23.8 Å². The van der Waals surface area contributed by atoms with E-state index in [9.17, 15) is 9.18 Å². The van der Waals surface area contributed by atoms with Gasteiger partial charge in [-0.3, -0.25) is 10.00 Å².